The third-order valence-corrected chi connectivity index (χ3v) is 1.33. The molecule has 0 aromatic heterocycles. The molecule has 2 radical (unpaired) electrons. The summed E-state index contributed by atoms with van der Waals surface area (Å²) < 4.78 is 0. The summed E-state index contributed by atoms with van der Waals surface area (Å²) in [5, 5.41) is 0. The Labute approximate surface area is 127 Å². The Morgan fingerprint density at radius 3 is 0.500 bits per heavy atom. The summed E-state index contributed by atoms with van der Waals surface area (Å²) in [4.78, 5) is 0. The Bertz CT molecular complexity index is 184. The van der Waals surface area contributed by atoms with Gasteiger partial charge in [0.1, 0.15) is 0 Å². The minimum atomic E-state index is 0. The van der Waals surface area contributed by atoms with Crippen LogP contribution in [-0.2, 0) is 40.8 Å². The molecule has 0 saturated heterocycles. The average molecular weight is 560 g/mol. The van der Waals surface area contributed by atoms with Gasteiger partial charge in [-0.15, -0.1) is 0 Å². The summed E-state index contributed by atoms with van der Waals surface area (Å²) in [6, 6.07) is 24.0. The minimum Gasteiger partial charge on any atom is -0.0623 e. The van der Waals surface area contributed by atoms with Gasteiger partial charge in [-0.2, -0.15) is 6.92 Å². The maximum Gasteiger partial charge on any atom is -0.0623 e. The molecule has 0 spiro atoms. The molecule has 0 heterocycles. The molecule has 0 bridgehead atoms. The Balaban J connectivity index is -0.000000165. The molecule has 0 aliphatic heterocycles. The minimum absolute atomic E-state index is 0. The van der Waals surface area contributed by atoms with Gasteiger partial charge in [0.2, 0.25) is 0 Å². The van der Waals surface area contributed by atoms with Crippen LogP contribution in [0.25, 0.3) is 0 Å². The van der Waals surface area contributed by atoms with Crippen molar-refractivity contribution >= 4 is 0 Å². The molecule has 90 valence electrons. The quantitative estimate of drug-likeness (QED) is 0.433. The summed E-state index contributed by atoms with van der Waals surface area (Å²) in [7, 11) is 0. The van der Waals surface area contributed by atoms with Gasteiger partial charge in [0.15, 0.2) is 0 Å². The van der Waals surface area contributed by atoms with Gasteiger partial charge in [-0.25, -0.2) is 0 Å². The van der Waals surface area contributed by atoms with Crippen molar-refractivity contribution in [3.63, 3.8) is 0 Å². The van der Waals surface area contributed by atoms with Crippen LogP contribution in [0.1, 0.15) is 6.92 Å². The first-order chi connectivity index (χ1) is 7.00. The number of hydrogen-bond acceptors (Lipinski definition) is 0. The third kappa shape index (κ3) is 16.2. The van der Waals surface area contributed by atoms with Gasteiger partial charge in [0, 0.05) is 0 Å². The van der Waals surface area contributed by atoms with Crippen molar-refractivity contribution in [2.24, 2.45) is 0 Å². The first-order valence-electron chi connectivity index (χ1n) is 4.71. The van der Waals surface area contributed by atoms with Crippen molar-refractivity contribution in [1.29, 1.82) is 0 Å². The smallest absolute Gasteiger partial charge is 0.0623 e. The monoisotopic (exact) mass is 561 g/mol. The van der Waals surface area contributed by atoms with Crippen LogP contribution in [0.15, 0.2) is 72.8 Å². The van der Waals surface area contributed by atoms with E-state index in [2.05, 4.69) is 6.92 Å². The Morgan fingerprint density at radius 2 is 0.438 bits per heavy atom. The maximum absolute atomic E-state index is 3.25. The predicted octanol–water partition coefficient (Wildman–Crippen LogP) is 3.67. The van der Waals surface area contributed by atoms with Crippen molar-refractivity contribution in [3.05, 3.63) is 79.7 Å². The van der Waals surface area contributed by atoms with Crippen LogP contribution in [0.5, 0.6) is 0 Å². The maximum atomic E-state index is 3.25. The van der Waals surface area contributed by atoms with E-state index in [0.29, 0.717) is 0 Å². The zero-order valence-electron chi connectivity index (χ0n) is 9.45. The van der Waals surface area contributed by atoms with E-state index in [0.717, 1.165) is 0 Å². The summed E-state index contributed by atoms with van der Waals surface area (Å²) in [6.07, 6.45) is 0. The molecule has 0 atom stereocenters. The molecule has 2 aromatic carbocycles. The van der Waals surface area contributed by atoms with Crippen molar-refractivity contribution in [3.8, 4) is 0 Å². The molecule has 16 heavy (non-hydrogen) atoms. The van der Waals surface area contributed by atoms with Crippen LogP contribution in [-0.4, -0.2) is 0 Å². The molecule has 2 aromatic rings. The average Bonchev–Trinajstić information content (AvgIpc) is 2.37. The van der Waals surface area contributed by atoms with Crippen LogP contribution in [0, 0.1) is 6.92 Å². The van der Waals surface area contributed by atoms with Gasteiger partial charge < -0.3 is 6.92 Å². The van der Waals surface area contributed by atoms with Crippen LogP contribution in [0.2, 0.25) is 0 Å². The molecule has 0 aliphatic rings. The summed E-state index contributed by atoms with van der Waals surface area (Å²) >= 11 is 0. The molecule has 0 fully saturated rings. The molecule has 0 unspecified atom stereocenters. The van der Waals surface area contributed by atoms with E-state index in [-0.39, 0.29) is 40.8 Å². The van der Waals surface area contributed by atoms with E-state index >= 15 is 0 Å². The fraction of sp³-hybridized carbons (Fsp3) is 0.0714. The largest absolute Gasteiger partial charge is 0.0623 e. The molecule has 0 aliphatic carbocycles. The Kier molecular flexibility index (Phi) is 26.6. The topological polar surface area (TPSA) is 0 Å². The Hall–Kier alpha value is -0.235. The predicted molar refractivity (Wildman–Crippen MR) is 66.7 cm³/mol. The second-order valence-electron chi connectivity index (χ2n) is 2.31. The first-order valence-corrected chi connectivity index (χ1v) is 4.71. The summed E-state index contributed by atoms with van der Waals surface area (Å²) in [6.45, 7) is 5.00. The van der Waals surface area contributed by atoms with Gasteiger partial charge in [-0.05, 0) is 0 Å². The molecular formula is C14H19Re2-. The summed E-state index contributed by atoms with van der Waals surface area (Å²) in [5.74, 6) is 0. The molecule has 2 heteroatoms. The molecule has 0 N–H and O–H groups in total. The molecule has 0 nitrogen and oxygen atoms in total. The molecule has 0 saturated carbocycles. The zero-order chi connectivity index (χ0) is 10.5. The van der Waals surface area contributed by atoms with E-state index in [1.54, 1.807) is 6.92 Å². The Morgan fingerprint density at radius 1 is 0.375 bits per heavy atom. The van der Waals surface area contributed by atoms with Gasteiger partial charge >= 0.3 is 40.8 Å². The number of benzene rings is 2. The fourth-order valence-corrected chi connectivity index (χ4v) is 0.770. The normalized spacial score (nSPS) is 6.38. The van der Waals surface area contributed by atoms with Crippen molar-refractivity contribution < 1.29 is 40.8 Å². The number of rotatable bonds is 0. The first kappa shape index (κ1) is 21.1. The standard InChI is InChI=1S/2C6H6.C2H5.2Re.2H/c2*1-2-4-6-5-3-1;1-2;;;;/h2*1-6H;1H2,2H3;;;;/q;;-1;;;;. The van der Waals surface area contributed by atoms with E-state index in [1.165, 1.54) is 0 Å². The van der Waals surface area contributed by atoms with Crippen LogP contribution in [0.4, 0.5) is 0 Å². The van der Waals surface area contributed by atoms with Gasteiger partial charge in [0.05, 0.1) is 0 Å². The third-order valence-electron chi connectivity index (χ3n) is 1.33. The van der Waals surface area contributed by atoms with Crippen LogP contribution in [0.3, 0.4) is 0 Å². The zero-order valence-corrected chi connectivity index (χ0v) is 15.3. The number of hydrogen-bond donors (Lipinski definition) is 0. The van der Waals surface area contributed by atoms with Gasteiger partial charge in [-0.1, -0.05) is 72.8 Å². The fourth-order valence-electron chi connectivity index (χ4n) is 0.770. The van der Waals surface area contributed by atoms with Crippen LogP contribution >= 0.6 is 0 Å². The SMILES string of the molecule is [CH2-]C.[ReH].[ReH].c1ccccc1.c1ccccc1. The van der Waals surface area contributed by atoms with E-state index < -0.39 is 0 Å². The van der Waals surface area contributed by atoms with Gasteiger partial charge in [0.25, 0.3) is 0 Å². The molecule has 0 amide bonds. The van der Waals surface area contributed by atoms with Crippen molar-refractivity contribution in [1.82, 2.24) is 0 Å². The molecular weight excluding hydrogens is 541 g/mol. The van der Waals surface area contributed by atoms with Gasteiger partial charge in [-0.3, -0.25) is 0 Å². The van der Waals surface area contributed by atoms with E-state index in [4.69, 9.17) is 0 Å². The summed E-state index contributed by atoms with van der Waals surface area (Å²) in [5.41, 5.74) is 0. The van der Waals surface area contributed by atoms with Crippen LogP contribution < -0.4 is 0 Å². The van der Waals surface area contributed by atoms with Crippen molar-refractivity contribution in [2.75, 3.05) is 0 Å². The second kappa shape index (κ2) is 20.2. The molecule has 2 rings (SSSR count). The second-order valence-corrected chi connectivity index (χ2v) is 2.31. The van der Waals surface area contributed by atoms with Crippen molar-refractivity contribution in [2.45, 2.75) is 6.92 Å². The van der Waals surface area contributed by atoms with E-state index in [9.17, 15) is 0 Å². The van der Waals surface area contributed by atoms with E-state index in [1.807, 2.05) is 72.8 Å².